The van der Waals surface area contributed by atoms with E-state index >= 15 is 0 Å². The van der Waals surface area contributed by atoms with Crippen LogP contribution in [0.3, 0.4) is 0 Å². The molecular weight excluding hydrogens is 349 g/mol. The van der Waals surface area contributed by atoms with Crippen LogP contribution in [-0.2, 0) is 0 Å². The number of nitro groups is 1. The number of hydrogen-bond donors (Lipinski definition) is 1. The maximum atomic E-state index is 13.0. The van der Waals surface area contributed by atoms with Crippen molar-refractivity contribution in [2.24, 2.45) is 0 Å². The van der Waals surface area contributed by atoms with Crippen LogP contribution >= 0.6 is 15.9 Å². The first-order chi connectivity index (χ1) is 9.88. The average Bonchev–Trinajstić information content (AvgIpc) is 2.41. The summed E-state index contributed by atoms with van der Waals surface area (Å²) in [5.41, 5.74) is -1.02. The Morgan fingerprint density at radius 3 is 2.57 bits per heavy atom. The summed E-state index contributed by atoms with van der Waals surface area (Å²) in [4.78, 5) is 21.0. The van der Waals surface area contributed by atoms with Gasteiger partial charge >= 0.3 is 5.97 Å². The Morgan fingerprint density at radius 1 is 1.29 bits per heavy atom. The molecule has 0 aromatic heterocycles. The summed E-state index contributed by atoms with van der Waals surface area (Å²) in [6, 6.07) is 7.05. The van der Waals surface area contributed by atoms with Gasteiger partial charge in [0.05, 0.1) is 15.5 Å². The second-order valence-corrected chi connectivity index (χ2v) is 4.77. The Hall–Kier alpha value is -2.48. The number of aromatic carboxylic acids is 1. The van der Waals surface area contributed by atoms with Crippen LogP contribution in [0.4, 0.5) is 10.1 Å². The summed E-state index contributed by atoms with van der Waals surface area (Å²) in [7, 11) is 0. The van der Waals surface area contributed by atoms with Crippen molar-refractivity contribution in [2.45, 2.75) is 0 Å². The van der Waals surface area contributed by atoms with E-state index in [0.717, 1.165) is 12.1 Å². The molecule has 0 atom stereocenters. The molecule has 1 N–H and O–H groups in total. The molecule has 21 heavy (non-hydrogen) atoms. The van der Waals surface area contributed by atoms with Crippen molar-refractivity contribution >= 4 is 27.6 Å². The minimum Gasteiger partial charge on any atom is -0.477 e. The summed E-state index contributed by atoms with van der Waals surface area (Å²) in [5, 5.41) is 19.7. The number of rotatable bonds is 4. The Balaban J connectivity index is 2.39. The summed E-state index contributed by atoms with van der Waals surface area (Å²) in [6.07, 6.45) is 0. The molecule has 0 radical (unpaired) electrons. The van der Waals surface area contributed by atoms with E-state index in [9.17, 15) is 19.3 Å². The quantitative estimate of drug-likeness (QED) is 0.661. The molecule has 0 amide bonds. The van der Waals surface area contributed by atoms with Gasteiger partial charge < -0.3 is 9.84 Å². The first kappa shape index (κ1) is 14.9. The summed E-state index contributed by atoms with van der Waals surface area (Å²) in [5.74, 6) is -1.56. The molecule has 0 aliphatic carbocycles. The van der Waals surface area contributed by atoms with Crippen molar-refractivity contribution in [3.8, 4) is 11.5 Å². The van der Waals surface area contributed by atoms with E-state index in [4.69, 9.17) is 9.84 Å². The normalized spacial score (nSPS) is 10.2. The highest BCUT2D eigenvalue weighted by molar-refractivity contribution is 9.10. The predicted octanol–water partition coefficient (Wildman–Crippen LogP) is 3.99. The van der Waals surface area contributed by atoms with Crippen LogP contribution in [0, 0.1) is 15.9 Å². The molecule has 0 aliphatic rings. The molecule has 0 spiro atoms. The smallest absolute Gasteiger partial charge is 0.342 e. The van der Waals surface area contributed by atoms with E-state index in [1.165, 1.54) is 24.3 Å². The van der Waals surface area contributed by atoms with Crippen molar-refractivity contribution in [3.63, 3.8) is 0 Å². The van der Waals surface area contributed by atoms with Crippen LogP contribution in [-0.4, -0.2) is 16.0 Å². The zero-order valence-corrected chi connectivity index (χ0v) is 11.8. The first-order valence-corrected chi connectivity index (χ1v) is 6.32. The lowest BCUT2D eigenvalue weighted by Gasteiger charge is -2.08. The predicted molar refractivity (Wildman–Crippen MR) is 74.2 cm³/mol. The third-order valence-corrected chi connectivity index (χ3v) is 3.14. The van der Waals surface area contributed by atoms with Gasteiger partial charge in [0.1, 0.15) is 22.9 Å². The van der Waals surface area contributed by atoms with Gasteiger partial charge in [0.15, 0.2) is 0 Å². The fraction of sp³-hybridized carbons (Fsp3) is 0. The number of ether oxygens (including phenoxy) is 1. The molecular formula is C13H7BrFNO5. The van der Waals surface area contributed by atoms with Gasteiger partial charge in [0.2, 0.25) is 0 Å². The largest absolute Gasteiger partial charge is 0.477 e. The van der Waals surface area contributed by atoms with Crippen molar-refractivity contribution in [1.82, 2.24) is 0 Å². The summed E-state index contributed by atoms with van der Waals surface area (Å²) < 4.78 is 18.7. The fourth-order valence-corrected chi connectivity index (χ4v) is 2.02. The Morgan fingerprint density at radius 2 is 2.00 bits per heavy atom. The average molecular weight is 356 g/mol. The van der Waals surface area contributed by atoms with E-state index in [0.29, 0.717) is 4.47 Å². The molecule has 0 unspecified atom stereocenters. The van der Waals surface area contributed by atoms with Gasteiger partial charge in [-0.15, -0.1) is 0 Å². The SMILES string of the molecule is O=C(O)c1ccc(Oc2ccc(F)cc2Br)cc1[N+](=O)[O-]. The topological polar surface area (TPSA) is 89.7 Å². The highest BCUT2D eigenvalue weighted by atomic mass is 79.9. The molecule has 0 saturated carbocycles. The third kappa shape index (κ3) is 3.34. The molecule has 2 aromatic rings. The number of carboxylic acids is 1. The highest BCUT2D eigenvalue weighted by Gasteiger charge is 2.21. The lowest BCUT2D eigenvalue weighted by atomic mass is 10.1. The second-order valence-electron chi connectivity index (χ2n) is 3.92. The monoisotopic (exact) mass is 355 g/mol. The molecule has 108 valence electrons. The Bertz CT molecular complexity index is 734. The van der Waals surface area contributed by atoms with Gasteiger partial charge in [-0.25, -0.2) is 9.18 Å². The molecule has 0 aliphatic heterocycles. The van der Waals surface area contributed by atoms with Crippen LogP contribution < -0.4 is 4.74 Å². The molecule has 2 rings (SSSR count). The number of carboxylic acid groups (broad SMARTS) is 1. The standard InChI is InChI=1S/C13H7BrFNO5/c14-10-5-7(15)1-4-12(10)21-8-2-3-9(13(17)18)11(6-8)16(19)20/h1-6H,(H,17,18). The Kier molecular flexibility index (Phi) is 4.18. The maximum absolute atomic E-state index is 13.0. The van der Waals surface area contributed by atoms with Gasteiger partial charge in [-0.1, -0.05) is 0 Å². The number of nitro benzene ring substituents is 1. The van der Waals surface area contributed by atoms with E-state index in [1.807, 2.05) is 0 Å². The van der Waals surface area contributed by atoms with E-state index in [1.54, 1.807) is 0 Å². The van der Waals surface area contributed by atoms with E-state index in [-0.39, 0.29) is 11.5 Å². The number of hydrogen-bond acceptors (Lipinski definition) is 4. The van der Waals surface area contributed by atoms with Gasteiger partial charge in [-0.2, -0.15) is 0 Å². The van der Waals surface area contributed by atoms with Crippen molar-refractivity contribution in [2.75, 3.05) is 0 Å². The minimum atomic E-state index is -1.41. The number of benzene rings is 2. The van der Waals surface area contributed by atoms with E-state index in [2.05, 4.69) is 15.9 Å². The molecule has 0 bridgehead atoms. The van der Waals surface area contributed by atoms with Crippen molar-refractivity contribution in [3.05, 3.63) is 62.4 Å². The van der Waals surface area contributed by atoms with Gasteiger partial charge in [0, 0.05) is 0 Å². The minimum absolute atomic E-state index is 0.0685. The van der Waals surface area contributed by atoms with Crippen LogP contribution in [0.25, 0.3) is 0 Å². The summed E-state index contributed by atoms with van der Waals surface area (Å²) in [6.45, 7) is 0. The molecule has 6 nitrogen and oxygen atoms in total. The lowest BCUT2D eigenvalue weighted by molar-refractivity contribution is -0.385. The number of carbonyl (C=O) groups is 1. The lowest BCUT2D eigenvalue weighted by Crippen LogP contribution is -2.02. The first-order valence-electron chi connectivity index (χ1n) is 5.53. The summed E-state index contributed by atoms with van der Waals surface area (Å²) >= 11 is 3.10. The number of nitrogens with zero attached hydrogens (tertiary/aromatic N) is 1. The second kappa shape index (κ2) is 5.88. The van der Waals surface area contributed by atoms with Crippen LogP contribution in [0.2, 0.25) is 0 Å². The maximum Gasteiger partial charge on any atom is 0.342 e. The number of halogens is 2. The zero-order valence-electron chi connectivity index (χ0n) is 10.2. The third-order valence-electron chi connectivity index (χ3n) is 2.52. The molecule has 0 saturated heterocycles. The van der Waals surface area contributed by atoms with Gasteiger partial charge in [0.25, 0.3) is 5.69 Å². The van der Waals surface area contributed by atoms with Crippen molar-refractivity contribution in [1.29, 1.82) is 0 Å². The van der Waals surface area contributed by atoms with Gasteiger partial charge in [-0.05, 0) is 46.3 Å². The molecule has 8 heteroatoms. The van der Waals surface area contributed by atoms with Gasteiger partial charge in [-0.3, -0.25) is 10.1 Å². The highest BCUT2D eigenvalue weighted by Crippen LogP contribution is 2.32. The fourth-order valence-electron chi connectivity index (χ4n) is 1.59. The molecule has 0 heterocycles. The van der Waals surface area contributed by atoms with Crippen LogP contribution in [0.5, 0.6) is 11.5 Å². The van der Waals surface area contributed by atoms with E-state index < -0.39 is 28.0 Å². The molecule has 0 fully saturated rings. The molecule has 2 aromatic carbocycles. The zero-order chi connectivity index (χ0) is 15.6. The Labute approximate surface area is 126 Å². The van der Waals surface area contributed by atoms with Crippen molar-refractivity contribution < 1.29 is 24.0 Å². The van der Waals surface area contributed by atoms with Crippen LogP contribution in [0.1, 0.15) is 10.4 Å². The van der Waals surface area contributed by atoms with Crippen LogP contribution in [0.15, 0.2) is 40.9 Å².